The Labute approximate surface area is 59.4 Å². The second-order valence-electron chi connectivity index (χ2n) is 2.36. The van der Waals surface area contributed by atoms with E-state index in [9.17, 15) is 0 Å². The molecule has 0 amide bonds. The minimum absolute atomic E-state index is 0.0344. The number of aliphatic hydroxyl groups is 2. The van der Waals surface area contributed by atoms with Crippen LogP contribution in [0, 0.1) is 5.92 Å². The van der Waals surface area contributed by atoms with Crippen molar-refractivity contribution in [3.8, 4) is 0 Å². The predicted octanol–water partition coefficient (Wildman–Crippen LogP) is -1.04. The predicted molar refractivity (Wildman–Crippen MR) is 33.4 cm³/mol. The molecular weight excluding hydrogens is 136 g/mol. The fraction of sp³-hybridized carbons (Fsp3) is 1.00. The number of rotatable bonds is 3. The minimum Gasteiger partial charge on any atom is -0.390 e. The maximum atomic E-state index is 9.13. The lowest BCUT2D eigenvalue weighted by Crippen LogP contribution is -2.22. The van der Waals surface area contributed by atoms with Gasteiger partial charge in [-0.3, -0.25) is 0 Å². The van der Waals surface area contributed by atoms with Crippen molar-refractivity contribution in [2.24, 2.45) is 5.92 Å². The van der Waals surface area contributed by atoms with Crippen molar-refractivity contribution in [3.05, 3.63) is 0 Å². The highest BCUT2D eigenvalue weighted by atomic mass is 16.6. The molecule has 1 rings (SSSR count). The van der Waals surface area contributed by atoms with Crippen LogP contribution in [0.1, 0.15) is 0 Å². The van der Waals surface area contributed by atoms with Crippen molar-refractivity contribution >= 4 is 0 Å². The van der Waals surface area contributed by atoms with E-state index in [1.165, 1.54) is 0 Å². The summed E-state index contributed by atoms with van der Waals surface area (Å²) in [4.78, 5) is 0. The standard InChI is InChI=1S/C6H12O4/c7-4-10-2-5-1-9-3-6(5)8/h5-8H,1-4H2/t5-,6+/m1/s1. The van der Waals surface area contributed by atoms with Gasteiger partial charge in [-0.1, -0.05) is 0 Å². The molecule has 1 aliphatic heterocycles. The molecule has 10 heavy (non-hydrogen) atoms. The number of hydrogen-bond donors (Lipinski definition) is 2. The minimum atomic E-state index is -0.424. The van der Waals surface area contributed by atoms with Crippen molar-refractivity contribution in [1.82, 2.24) is 0 Å². The van der Waals surface area contributed by atoms with E-state index in [0.29, 0.717) is 19.8 Å². The van der Waals surface area contributed by atoms with Gasteiger partial charge in [0.05, 0.1) is 25.9 Å². The summed E-state index contributed by atoms with van der Waals surface area (Å²) in [6.45, 7) is 1.00. The zero-order valence-electron chi connectivity index (χ0n) is 5.69. The average molecular weight is 148 g/mol. The highest BCUT2D eigenvalue weighted by molar-refractivity contribution is 4.72. The van der Waals surface area contributed by atoms with Gasteiger partial charge in [0.25, 0.3) is 0 Å². The molecule has 1 heterocycles. The molecule has 2 atom stereocenters. The summed E-state index contributed by atoms with van der Waals surface area (Å²) in [5.74, 6) is 0.0344. The quantitative estimate of drug-likeness (QED) is 0.502. The average Bonchev–Trinajstić information content (AvgIpc) is 2.31. The summed E-state index contributed by atoms with van der Waals surface area (Å²) in [5.41, 5.74) is 0. The molecule has 2 N–H and O–H groups in total. The van der Waals surface area contributed by atoms with Gasteiger partial charge in [-0.15, -0.1) is 0 Å². The monoisotopic (exact) mass is 148 g/mol. The van der Waals surface area contributed by atoms with Crippen LogP contribution in [-0.2, 0) is 9.47 Å². The lowest BCUT2D eigenvalue weighted by atomic mass is 10.1. The Hall–Kier alpha value is -0.160. The van der Waals surface area contributed by atoms with Crippen molar-refractivity contribution in [3.63, 3.8) is 0 Å². The summed E-state index contributed by atoms with van der Waals surface area (Å²) in [6, 6.07) is 0. The van der Waals surface area contributed by atoms with Crippen molar-refractivity contribution in [2.45, 2.75) is 6.10 Å². The molecule has 0 aromatic heterocycles. The molecule has 1 fully saturated rings. The molecule has 0 aliphatic carbocycles. The Kier molecular flexibility index (Phi) is 3.08. The van der Waals surface area contributed by atoms with Crippen molar-refractivity contribution in [1.29, 1.82) is 0 Å². The molecule has 0 unspecified atom stereocenters. The highest BCUT2D eigenvalue weighted by Gasteiger charge is 2.25. The summed E-state index contributed by atoms with van der Waals surface area (Å²) >= 11 is 0. The third kappa shape index (κ3) is 1.91. The molecule has 1 aliphatic rings. The second kappa shape index (κ2) is 3.88. The van der Waals surface area contributed by atoms with Gasteiger partial charge in [-0.2, -0.15) is 0 Å². The largest absolute Gasteiger partial charge is 0.390 e. The van der Waals surface area contributed by atoms with E-state index in [2.05, 4.69) is 0 Å². The van der Waals surface area contributed by atoms with Gasteiger partial charge in [0.1, 0.15) is 6.79 Å². The zero-order valence-corrected chi connectivity index (χ0v) is 5.69. The molecule has 4 heteroatoms. The van der Waals surface area contributed by atoms with E-state index < -0.39 is 6.10 Å². The maximum absolute atomic E-state index is 9.13. The molecule has 1 saturated heterocycles. The summed E-state index contributed by atoms with van der Waals surface area (Å²) in [6.07, 6.45) is -0.424. The van der Waals surface area contributed by atoms with Gasteiger partial charge in [0, 0.05) is 5.92 Å². The van der Waals surface area contributed by atoms with Crippen LogP contribution >= 0.6 is 0 Å². The topological polar surface area (TPSA) is 58.9 Å². The summed E-state index contributed by atoms with van der Waals surface area (Å²) in [7, 11) is 0. The van der Waals surface area contributed by atoms with Crippen LogP contribution in [-0.4, -0.2) is 42.9 Å². The molecule has 0 saturated carbocycles. The fourth-order valence-corrected chi connectivity index (χ4v) is 0.951. The summed E-state index contributed by atoms with van der Waals surface area (Å²) in [5, 5.41) is 17.4. The highest BCUT2D eigenvalue weighted by Crippen LogP contribution is 2.12. The Morgan fingerprint density at radius 2 is 2.30 bits per heavy atom. The molecule has 0 bridgehead atoms. The van der Waals surface area contributed by atoms with Crippen LogP contribution in [0.5, 0.6) is 0 Å². The van der Waals surface area contributed by atoms with E-state index >= 15 is 0 Å². The third-order valence-electron chi connectivity index (χ3n) is 1.59. The number of aliphatic hydroxyl groups excluding tert-OH is 2. The normalized spacial score (nSPS) is 33.0. The van der Waals surface area contributed by atoms with Crippen molar-refractivity contribution < 1.29 is 19.7 Å². The Morgan fingerprint density at radius 1 is 1.50 bits per heavy atom. The third-order valence-corrected chi connectivity index (χ3v) is 1.59. The van der Waals surface area contributed by atoms with E-state index in [-0.39, 0.29) is 12.7 Å². The first kappa shape index (κ1) is 7.94. The molecular formula is C6H12O4. The molecule has 60 valence electrons. The van der Waals surface area contributed by atoms with E-state index in [4.69, 9.17) is 19.7 Å². The van der Waals surface area contributed by atoms with Crippen LogP contribution in [0.4, 0.5) is 0 Å². The van der Waals surface area contributed by atoms with Gasteiger partial charge < -0.3 is 19.7 Å². The Morgan fingerprint density at radius 3 is 2.80 bits per heavy atom. The van der Waals surface area contributed by atoms with Gasteiger partial charge >= 0.3 is 0 Å². The number of ether oxygens (including phenoxy) is 2. The van der Waals surface area contributed by atoms with Crippen LogP contribution in [0.15, 0.2) is 0 Å². The number of hydrogen-bond acceptors (Lipinski definition) is 4. The van der Waals surface area contributed by atoms with Gasteiger partial charge in [-0.05, 0) is 0 Å². The van der Waals surface area contributed by atoms with Crippen LogP contribution in [0.3, 0.4) is 0 Å². The molecule has 0 aromatic carbocycles. The lowest BCUT2D eigenvalue weighted by Gasteiger charge is -2.10. The summed E-state index contributed by atoms with van der Waals surface area (Å²) < 4.78 is 9.66. The first-order chi connectivity index (χ1) is 4.84. The molecule has 0 spiro atoms. The first-order valence-electron chi connectivity index (χ1n) is 3.29. The second-order valence-corrected chi connectivity index (χ2v) is 2.36. The Balaban J connectivity index is 2.14. The van der Waals surface area contributed by atoms with Crippen molar-refractivity contribution in [2.75, 3.05) is 26.6 Å². The van der Waals surface area contributed by atoms with Crippen LogP contribution < -0.4 is 0 Å². The van der Waals surface area contributed by atoms with Crippen LogP contribution in [0.25, 0.3) is 0 Å². The molecule has 4 nitrogen and oxygen atoms in total. The first-order valence-corrected chi connectivity index (χ1v) is 3.29. The lowest BCUT2D eigenvalue weighted by molar-refractivity contribution is -0.0312. The SMILES string of the molecule is OCOC[C@H]1COC[C@@H]1O. The zero-order chi connectivity index (χ0) is 7.40. The van der Waals surface area contributed by atoms with Gasteiger partial charge in [0.15, 0.2) is 0 Å². The fourth-order valence-electron chi connectivity index (χ4n) is 0.951. The molecule has 0 aromatic rings. The smallest absolute Gasteiger partial charge is 0.143 e. The van der Waals surface area contributed by atoms with Gasteiger partial charge in [0.2, 0.25) is 0 Å². The Bertz CT molecular complexity index is 95.7. The van der Waals surface area contributed by atoms with E-state index in [1.54, 1.807) is 0 Å². The van der Waals surface area contributed by atoms with Gasteiger partial charge in [-0.25, -0.2) is 0 Å². The maximum Gasteiger partial charge on any atom is 0.143 e. The van der Waals surface area contributed by atoms with Crippen LogP contribution in [0.2, 0.25) is 0 Å². The molecule has 0 radical (unpaired) electrons. The van der Waals surface area contributed by atoms with E-state index in [0.717, 1.165) is 0 Å². The van der Waals surface area contributed by atoms with E-state index in [1.807, 2.05) is 0 Å².